The lowest BCUT2D eigenvalue weighted by Crippen LogP contribution is -2.15. The standard InChI is InChI=1S/C40H80O14/c1-3-5-7-8-9-10-11-12-13-14-40(41)54-39-38-53-37-36-52-35-34-51-33-32-50-31-30-49-29-28-48-27-26-47-25-24-46-23-22-45-21-20-44-19-18-43-17-16-42-15-6-4-2/h3-39H2,1-2H3. The lowest BCUT2D eigenvalue weighted by atomic mass is 10.1. The summed E-state index contributed by atoms with van der Waals surface area (Å²) in [6.07, 6.45) is 13.8. The van der Waals surface area contributed by atoms with E-state index in [0.29, 0.717) is 158 Å². The first kappa shape index (κ1) is 53.0. The molecule has 0 fully saturated rings. The number of carbonyl (C=O) groups excluding carboxylic acids is 1. The molecule has 0 aromatic heterocycles. The highest BCUT2D eigenvalue weighted by Crippen LogP contribution is 2.10. The summed E-state index contributed by atoms with van der Waals surface area (Å²) < 4.78 is 70.9. The average molecular weight is 785 g/mol. The Balaban J connectivity index is 3.10. The molecule has 0 aliphatic rings. The van der Waals surface area contributed by atoms with E-state index in [0.717, 1.165) is 32.3 Å². The zero-order chi connectivity index (χ0) is 38.9. The minimum Gasteiger partial charge on any atom is -0.463 e. The molecule has 14 nitrogen and oxygen atoms in total. The number of esters is 1. The van der Waals surface area contributed by atoms with E-state index in [2.05, 4.69) is 13.8 Å². The van der Waals surface area contributed by atoms with Crippen molar-refractivity contribution < 1.29 is 66.4 Å². The number of rotatable bonds is 49. The first-order valence-corrected chi connectivity index (χ1v) is 20.9. The molecule has 14 heteroatoms. The van der Waals surface area contributed by atoms with Crippen LogP contribution in [0.3, 0.4) is 0 Å². The number of carbonyl (C=O) groups is 1. The van der Waals surface area contributed by atoms with Crippen LogP contribution >= 0.6 is 0 Å². The molecule has 0 amide bonds. The van der Waals surface area contributed by atoms with Gasteiger partial charge < -0.3 is 61.6 Å². The second-order valence-electron chi connectivity index (χ2n) is 12.5. The molecule has 0 atom stereocenters. The molecule has 0 saturated carbocycles. The van der Waals surface area contributed by atoms with Gasteiger partial charge in [-0.3, -0.25) is 4.79 Å². The first-order valence-electron chi connectivity index (χ1n) is 20.9. The normalized spacial score (nSPS) is 11.5. The van der Waals surface area contributed by atoms with Crippen LogP contribution in [0.15, 0.2) is 0 Å². The Morgan fingerprint density at radius 3 is 0.759 bits per heavy atom. The molecule has 0 aliphatic heterocycles. The van der Waals surface area contributed by atoms with Gasteiger partial charge in [-0.15, -0.1) is 0 Å². The molecule has 0 radical (unpaired) electrons. The van der Waals surface area contributed by atoms with Crippen molar-refractivity contribution in [3.05, 3.63) is 0 Å². The van der Waals surface area contributed by atoms with Crippen LogP contribution in [-0.2, 0) is 66.4 Å². The first-order chi connectivity index (χ1) is 26.8. The topological polar surface area (TPSA) is 137 Å². The fourth-order valence-corrected chi connectivity index (χ4v) is 4.63. The molecule has 0 rings (SSSR count). The lowest BCUT2D eigenvalue weighted by Gasteiger charge is -2.09. The van der Waals surface area contributed by atoms with E-state index in [1.807, 2.05) is 0 Å². The van der Waals surface area contributed by atoms with Crippen LogP contribution in [0.2, 0.25) is 0 Å². The Hall–Kier alpha value is -1.01. The van der Waals surface area contributed by atoms with Gasteiger partial charge >= 0.3 is 5.97 Å². The van der Waals surface area contributed by atoms with Crippen molar-refractivity contribution in [2.45, 2.75) is 90.9 Å². The second kappa shape index (κ2) is 50.0. The molecule has 0 aromatic rings. The van der Waals surface area contributed by atoms with Crippen molar-refractivity contribution in [3.8, 4) is 0 Å². The Labute approximate surface area is 328 Å². The quantitative estimate of drug-likeness (QED) is 0.0571. The van der Waals surface area contributed by atoms with Gasteiger partial charge in [0.15, 0.2) is 0 Å². The molecular weight excluding hydrogens is 704 g/mol. The zero-order valence-corrected chi connectivity index (χ0v) is 34.4. The number of hydrogen-bond donors (Lipinski definition) is 0. The maximum Gasteiger partial charge on any atom is 0.305 e. The molecule has 0 saturated heterocycles. The summed E-state index contributed by atoms with van der Waals surface area (Å²) in [6.45, 7) is 17.2. The van der Waals surface area contributed by atoms with Gasteiger partial charge in [-0.2, -0.15) is 0 Å². The molecular formula is C40H80O14. The number of unbranched alkanes of at least 4 members (excludes halogenated alkanes) is 9. The third-order valence-electron chi connectivity index (χ3n) is 7.71. The molecule has 54 heavy (non-hydrogen) atoms. The van der Waals surface area contributed by atoms with Crippen molar-refractivity contribution in [3.63, 3.8) is 0 Å². The summed E-state index contributed by atoms with van der Waals surface area (Å²) in [5.74, 6) is -0.137. The van der Waals surface area contributed by atoms with Crippen molar-refractivity contribution in [1.29, 1.82) is 0 Å². The molecule has 0 bridgehead atoms. The maximum atomic E-state index is 11.8. The molecule has 0 spiro atoms. The highest BCUT2D eigenvalue weighted by molar-refractivity contribution is 5.69. The zero-order valence-electron chi connectivity index (χ0n) is 34.4. The highest BCUT2D eigenvalue weighted by atomic mass is 16.6. The molecule has 0 aromatic carbocycles. The summed E-state index contributed by atoms with van der Waals surface area (Å²) in [7, 11) is 0. The molecule has 0 heterocycles. The van der Waals surface area contributed by atoms with E-state index in [-0.39, 0.29) is 12.6 Å². The third-order valence-corrected chi connectivity index (χ3v) is 7.71. The van der Waals surface area contributed by atoms with E-state index in [9.17, 15) is 4.79 Å². The van der Waals surface area contributed by atoms with Gasteiger partial charge in [0.1, 0.15) is 6.61 Å². The summed E-state index contributed by atoms with van der Waals surface area (Å²) >= 11 is 0. The SMILES string of the molecule is CCCCCCCCCCCC(=O)OCCOCCOCCOCCOCCOCCOCCOCCOCCOCCOCCOCCOCCCC. The Morgan fingerprint density at radius 1 is 0.259 bits per heavy atom. The molecule has 0 aliphatic carbocycles. The Morgan fingerprint density at radius 2 is 0.481 bits per heavy atom. The summed E-state index contributed by atoms with van der Waals surface area (Å²) in [6, 6.07) is 0. The summed E-state index contributed by atoms with van der Waals surface area (Å²) in [4.78, 5) is 11.8. The summed E-state index contributed by atoms with van der Waals surface area (Å²) in [5.41, 5.74) is 0. The second-order valence-corrected chi connectivity index (χ2v) is 12.5. The molecule has 0 unspecified atom stereocenters. The Kier molecular flexibility index (Phi) is 49.1. The van der Waals surface area contributed by atoms with Gasteiger partial charge in [0.2, 0.25) is 0 Å². The largest absolute Gasteiger partial charge is 0.463 e. The van der Waals surface area contributed by atoms with Crippen LogP contribution in [0.4, 0.5) is 0 Å². The highest BCUT2D eigenvalue weighted by Gasteiger charge is 2.03. The number of hydrogen-bond acceptors (Lipinski definition) is 14. The van der Waals surface area contributed by atoms with Gasteiger partial charge in [0.25, 0.3) is 0 Å². The van der Waals surface area contributed by atoms with Crippen LogP contribution in [-0.4, -0.2) is 171 Å². The van der Waals surface area contributed by atoms with Crippen molar-refractivity contribution in [1.82, 2.24) is 0 Å². The smallest absolute Gasteiger partial charge is 0.305 e. The lowest BCUT2D eigenvalue weighted by molar-refractivity contribution is -0.145. The minimum absolute atomic E-state index is 0.137. The summed E-state index contributed by atoms with van der Waals surface area (Å²) in [5, 5.41) is 0. The van der Waals surface area contributed by atoms with Gasteiger partial charge in [-0.25, -0.2) is 0 Å². The van der Waals surface area contributed by atoms with Gasteiger partial charge in [-0.1, -0.05) is 71.6 Å². The predicted octanol–water partition coefficient (Wildman–Crippen LogP) is 5.45. The van der Waals surface area contributed by atoms with Crippen LogP contribution in [0.25, 0.3) is 0 Å². The van der Waals surface area contributed by atoms with Crippen LogP contribution in [0.1, 0.15) is 90.9 Å². The molecule has 0 N–H and O–H groups in total. The minimum atomic E-state index is -0.137. The number of ether oxygens (including phenoxy) is 13. The monoisotopic (exact) mass is 785 g/mol. The van der Waals surface area contributed by atoms with Crippen LogP contribution in [0, 0.1) is 0 Å². The van der Waals surface area contributed by atoms with E-state index in [4.69, 9.17) is 61.6 Å². The van der Waals surface area contributed by atoms with Gasteiger partial charge in [0.05, 0.1) is 152 Å². The van der Waals surface area contributed by atoms with Gasteiger partial charge in [-0.05, 0) is 12.8 Å². The van der Waals surface area contributed by atoms with Crippen molar-refractivity contribution >= 4 is 5.97 Å². The average Bonchev–Trinajstić information content (AvgIpc) is 3.18. The van der Waals surface area contributed by atoms with E-state index in [1.54, 1.807) is 0 Å². The maximum absolute atomic E-state index is 11.8. The van der Waals surface area contributed by atoms with Crippen LogP contribution in [0.5, 0.6) is 0 Å². The predicted molar refractivity (Wildman–Crippen MR) is 208 cm³/mol. The van der Waals surface area contributed by atoms with E-state index < -0.39 is 0 Å². The fourth-order valence-electron chi connectivity index (χ4n) is 4.63. The molecule has 324 valence electrons. The van der Waals surface area contributed by atoms with Gasteiger partial charge in [0, 0.05) is 13.0 Å². The van der Waals surface area contributed by atoms with Crippen molar-refractivity contribution in [2.75, 3.05) is 165 Å². The Bertz CT molecular complexity index is 691. The van der Waals surface area contributed by atoms with E-state index in [1.165, 1.54) is 44.9 Å². The van der Waals surface area contributed by atoms with E-state index >= 15 is 0 Å². The van der Waals surface area contributed by atoms with Crippen LogP contribution < -0.4 is 0 Å². The third kappa shape index (κ3) is 49.0. The fraction of sp³-hybridized carbons (Fsp3) is 0.975. The van der Waals surface area contributed by atoms with Crippen molar-refractivity contribution in [2.24, 2.45) is 0 Å².